The molecule has 0 spiro atoms. The van der Waals surface area contributed by atoms with E-state index in [2.05, 4.69) is 34.9 Å². The minimum Gasteiger partial charge on any atom is -0.395 e. The molecule has 1 saturated heterocycles. The van der Waals surface area contributed by atoms with Crippen LogP contribution in [0.25, 0.3) is 0 Å². The second-order valence-corrected chi connectivity index (χ2v) is 6.83. The van der Waals surface area contributed by atoms with Gasteiger partial charge in [-0.3, -0.25) is 14.6 Å². The highest BCUT2D eigenvalue weighted by atomic mass is 16.3. The Labute approximate surface area is 144 Å². The lowest BCUT2D eigenvalue weighted by Crippen LogP contribution is -2.53. The van der Waals surface area contributed by atoms with Crippen molar-refractivity contribution in [2.45, 2.75) is 32.2 Å². The van der Waals surface area contributed by atoms with Gasteiger partial charge in [0.1, 0.15) is 0 Å². The summed E-state index contributed by atoms with van der Waals surface area (Å²) in [5.74, 6) is 0.213. The van der Waals surface area contributed by atoms with Gasteiger partial charge in [-0.2, -0.15) is 0 Å². The number of benzene rings is 1. The smallest absolute Gasteiger partial charge is 0.241 e. The van der Waals surface area contributed by atoms with E-state index in [0.717, 1.165) is 57.7 Å². The van der Waals surface area contributed by atoms with E-state index in [9.17, 15) is 9.90 Å². The first-order chi connectivity index (χ1) is 11.7. The number of nitrogens with zero attached hydrogens (tertiary/aromatic N) is 3. The third-order valence-corrected chi connectivity index (χ3v) is 5.38. The first kappa shape index (κ1) is 17.4. The number of piperazine rings is 1. The fourth-order valence-electron chi connectivity index (χ4n) is 3.86. The third kappa shape index (κ3) is 3.79. The average molecular weight is 331 g/mol. The van der Waals surface area contributed by atoms with E-state index in [1.165, 1.54) is 5.56 Å². The van der Waals surface area contributed by atoms with E-state index in [1.54, 1.807) is 0 Å². The number of rotatable bonds is 5. The number of carbonyl (C=O) groups excluding carboxylic acids is 1. The first-order valence-electron chi connectivity index (χ1n) is 9.18. The molecule has 0 radical (unpaired) electrons. The van der Waals surface area contributed by atoms with Crippen LogP contribution in [-0.2, 0) is 11.2 Å². The van der Waals surface area contributed by atoms with Crippen molar-refractivity contribution in [2.75, 3.05) is 50.8 Å². The summed E-state index contributed by atoms with van der Waals surface area (Å²) in [5.41, 5.74) is 2.38. The van der Waals surface area contributed by atoms with E-state index < -0.39 is 0 Å². The van der Waals surface area contributed by atoms with Gasteiger partial charge in [-0.05, 0) is 30.9 Å². The summed E-state index contributed by atoms with van der Waals surface area (Å²) < 4.78 is 0. The number of amides is 1. The van der Waals surface area contributed by atoms with Gasteiger partial charge in [0, 0.05) is 44.5 Å². The molecule has 132 valence electrons. The molecule has 1 unspecified atom stereocenters. The molecule has 0 saturated carbocycles. The van der Waals surface area contributed by atoms with Crippen molar-refractivity contribution in [1.29, 1.82) is 0 Å². The van der Waals surface area contributed by atoms with Crippen LogP contribution in [-0.4, -0.2) is 72.7 Å². The molecule has 0 bridgehead atoms. The van der Waals surface area contributed by atoms with Crippen LogP contribution in [0.3, 0.4) is 0 Å². The van der Waals surface area contributed by atoms with Gasteiger partial charge in [0.05, 0.1) is 13.2 Å². The van der Waals surface area contributed by atoms with E-state index in [-0.39, 0.29) is 18.6 Å². The minimum absolute atomic E-state index is 0.213. The summed E-state index contributed by atoms with van der Waals surface area (Å²) in [4.78, 5) is 19.3. The van der Waals surface area contributed by atoms with E-state index in [0.29, 0.717) is 6.54 Å². The fourth-order valence-corrected chi connectivity index (χ4v) is 3.86. The lowest BCUT2D eigenvalue weighted by atomic mass is 10.0. The molecule has 1 fully saturated rings. The van der Waals surface area contributed by atoms with E-state index in [4.69, 9.17) is 0 Å². The van der Waals surface area contributed by atoms with Gasteiger partial charge in [-0.15, -0.1) is 0 Å². The second kappa shape index (κ2) is 8.10. The summed E-state index contributed by atoms with van der Waals surface area (Å²) in [7, 11) is 0. The van der Waals surface area contributed by atoms with Gasteiger partial charge in [-0.25, -0.2) is 0 Å². The molecular formula is C19H29N3O2. The molecule has 1 atom stereocenters. The number of hydrogen-bond donors (Lipinski definition) is 1. The summed E-state index contributed by atoms with van der Waals surface area (Å²) in [6.45, 7) is 7.34. The molecule has 0 aromatic heterocycles. The maximum Gasteiger partial charge on any atom is 0.241 e. The Hall–Kier alpha value is -1.43. The number of anilines is 1. The highest BCUT2D eigenvalue weighted by Gasteiger charge is 2.27. The minimum atomic E-state index is 0.213. The molecule has 1 aromatic carbocycles. The number of carbonyl (C=O) groups is 1. The van der Waals surface area contributed by atoms with Crippen LogP contribution in [0.4, 0.5) is 5.69 Å². The number of hydrogen-bond acceptors (Lipinski definition) is 4. The molecule has 2 heterocycles. The molecule has 5 nitrogen and oxygen atoms in total. The van der Waals surface area contributed by atoms with Crippen molar-refractivity contribution in [3.8, 4) is 0 Å². The van der Waals surface area contributed by atoms with Crippen LogP contribution in [0.5, 0.6) is 0 Å². The molecule has 0 aliphatic carbocycles. The zero-order chi connectivity index (χ0) is 16.9. The zero-order valence-corrected chi connectivity index (χ0v) is 14.7. The van der Waals surface area contributed by atoms with Crippen molar-refractivity contribution in [2.24, 2.45) is 0 Å². The Morgan fingerprint density at radius 2 is 1.92 bits per heavy atom. The number of aliphatic hydroxyl groups is 1. The van der Waals surface area contributed by atoms with Crippen LogP contribution >= 0.6 is 0 Å². The summed E-state index contributed by atoms with van der Waals surface area (Å²) in [5, 5.41) is 9.44. The molecular weight excluding hydrogens is 302 g/mol. The summed E-state index contributed by atoms with van der Waals surface area (Å²) >= 11 is 0. The normalized spacial score (nSPS) is 20.7. The van der Waals surface area contributed by atoms with Crippen LogP contribution in [0.2, 0.25) is 0 Å². The van der Waals surface area contributed by atoms with Crippen LogP contribution in [0, 0.1) is 0 Å². The van der Waals surface area contributed by atoms with E-state index >= 15 is 0 Å². The Morgan fingerprint density at radius 3 is 2.62 bits per heavy atom. The maximum atomic E-state index is 12.8. The lowest BCUT2D eigenvalue weighted by Gasteiger charge is -2.39. The quantitative estimate of drug-likeness (QED) is 0.885. The molecule has 2 aliphatic heterocycles. The Balaban J connectivity index is 1.55. The number of para-hydroxylation sites is 1. The maximum absolute atomic E-state index is 12.8. The Morgan fingerprint density at radius 1 is 1.17 bits per heavy atom. The van der Waals surface area contributed by atoms with Crippen molar-refractivity contribution >= 4 is 11.6 Å². The highest BCUT2D eigenvalue weighted by molar-refractivity contribution is 5.95. The van der Waals surface area contributed by atoms with Crippen molar-refractivity contribution in [3.63, 3.8) is 0 Å². The number of aryl methyl sites for hydroxylation is 1. The zero-order valence-electron chi connectivity index (χ0n) is 14.7. The van der Waals surface area contributed by atoms with E-state index in [1.807, 2.05) is 11.0 Å². The van der Waals surface area contributed by atoms with Crippen molar-refractivity contribution in [3.05, 3.63) is 29.8 Å². The molecule has 24 heavy (non-hydrogen) atoms. The van der Waals surface area contributed by atoms with Crippen LogP contribution < -0.4 is 4.90 Å². The molecule has 1 aromatic rings. The van der Waals surface area contributed by atoms with Crippen LogP contribution in [0.1, 0.15) is 25.3 Å². The summed E-state index contributed by atoms with van der Waals surface area (Å²) in [6.07, 6.45) is 3.09. The van der Waals surface area contributed by atoms with Gasteiger partial charge in [0.2, 0.25) is 5.91 Å². The highest BCUT2D eigenvalue weighted by Crippen LogP contribution is 2.26. The van der Waals surface area contributed by atoms with Gasteiger partial charge in [-0.1, -0.05) is 25.1 Å². The van der Waals surface area contributed by atoms with Gasteiger partial charge in [0.15, 0.2) is 0 Å². The standard InChI is InChI=1S/C19H29N3O2/c1-2-17(15-23)21-12-10-20(11-13-21)14-19(24)22-9-5-7-16-6-3-4-8-18(16)22/h3-4,6,8,17,23H,2,5,7,9-15H2,1H3. The van der Waals surface area contributed by atoms with Crippen molar-refractivity contribution < 1.29 is 9.90 Å². The number of fused-ring (bicyclic) bond motifs is 1. The number of aliphatic hydroxyl groups excluding tert-OH is 1. The predicted octanol–water partition coefficient (Wildman–Crippen LogP) is 1.35. The average Bonchev–Trinajstić information content (AvgIpc) is 2.63. The molecule has 5 heteroatoms. The van der Waals surface area contributed by atoms with Gasteiger partial charge in [0.25, 0.3) is 0 Å². The first-order valence-corrected chi connectivity index (χ1v) is 9.18. The molecule has 1 amide bonds. The third-order valence-electron chi connectivity index (χ3n) is 5.38. The lowest BCUT2D eigenvalue weighted by molar-refractivity contribution is -0.120. The Kier molecular flexibility index (Phi) is 5.87. The van der Waals surface area contributed by atoms with Gasteiger partial charge >= 0.3 is 0 Å². The second-order valence-electron chi connectivity index (χ2n) is 6.83. The SMILES string of the molecule is CCC(CO)N1CCN(CC(=O)N2CCCc3ccccc32)CC1. The monoisotopic (exact) mass is 331 g/mol. The van der Waals surface area contributed by atoms with Crippen LogP contribution in [0.15, 0.2) is 24.3 Å². The molecule has 2 aliphatic rings. The Bertz CT molecular complexity index is 551. The molecule has 3 rings (SSSR count). The largest absolute Gasteiger partial charge is 0.395 e. The van der Waals surface area contributed by atoms with Gasteiger partial charge < -0.3 is 10.0 Å². The fraction of sp³-hybridized carbons (Fsp3) is 0.632. The summed E-state index contributed by atoms with van der Waals surface area (Å²) in [6, 6.07) is 8.53. The molecule has 1 N–H and O–H groups in total. The predicted molar refractivity (Wildman–Crippen MR) is 96.3 cm³/mol. The van der Waals surface area contributed by atoms with Crippen molar-refractivity contribution in [1.82, 2.24) is 9.80 Å². The topological polar surface area (TPSA) is 47.0 Å².